The van der Waals surface area contributed by atoms with Crippen LogP contribution in [0.2, 0.25) is 0 Å². The summed E-state index contributed by atoms with van der Waals surface area (Å²) in [6.07, 6.45) is 5.20. The summed E-state index contributed by atoms with van der Waals surface area (Å²) in [5, 5.41) is 3.35. The van der Waals surface area contributed by atoms with E-state index in [-0.39, 0.29) is 6.10 Å². The number of hydrogen-bond donors (Lipinski definition) is 1. The van der Waals surface area contributed by atoms with Crippen LogP contribution in [-0.4, -0.2) is 22.1 Å². The normalized spacial score (nSPS) is 12.4. The van der Waals surface area contributed by atoms with E-state index in [4.69, 9.17) is 9.15 Å². The highest BCUT2D eigenvalue weighted by atomic mass is 16.5. The van der Waals surface area contributed by atoms with Crippen LogP contribution >= 0.6 is 0 Å². The molecule has 2 aromatic rings. The van der Waals surface area contributed by atoms with Crippen LogP contribution < -0.4 is 10.1 Å². The van der Waals surface area contributed by atoms with Crippen molar-refractivity contribution < 1.29 is 9.15 Å². The highest BCUT2D eigenvalue weighted by Crippen LogP contribution is 2.15. The highest BCUT2D eigenvalue weighted by molar-refractivity contribution is 5.37. The lowest BCUT2D eigenvalue weighted by Gasteiger charge is -2.15. The summed E-state index contributed by atoms with van der Waals surface area (Å²) in [5.41, 5.74) is 0. The summed E-state index contributed by atoms with van der Waals surface area (Å²) in [6.45, 7) is 6.07. The van der Waals surface area contributed by atoms with E-state index >= 15 is 0 Å². The monoisotopic (exact) mass is 275 g/mol. The number of hydrogen-bond acceptors (Lipinski definition) is 5. The van der Waals surface area contributed by atoms with Gasteiger partial charge >= 0.3 is 0 Å². The second kappa shape index (κ2) is 6.93. The molecular formula is C15H21N3O2. The van der Waals surface area contributed by atoms with E-state index < -0.39 is 0 Å². The van der Waals surface area contributed by atoms with Crippen molar-refractivity contribution in [1.82, 2.24) is 9.97 Å². The molecule has 108 valence electrons. The van der Waals surface area contributed by atoms with Crippen LogP contribution in [0.5, 0.6) is 5.88 Å². The van der Waals surface area contributed by atoms with Crippen molar-refractivity contribution in [3.8, 4) is 5.88 Å². The Hall–Kier alpha value is -2.04. The number of ether oxygens (including phenoxy) is 1. The smallest absolute Gasteiger partial charge is 0.218 e. The lowest BCUT2D eigenvalue weighted by Crippen LogP contribution is -2.17. The van der Waals surface area contributed by atoms with E-state index in [1.54, 1.807) is 6.26 Å². The molecule has 0 amide bonds. The molecule has 2 heterocycles. The second-order valence-electron chi connectivity index (χ2n) is 5.07. The average Bonchev–Trinajstić information content (AvgIpc) is 2.89. The van der Waals surface area contributed by atoms with Crippen LogP contribution in [0.15, 0.2) is 35.2 Å². The summed E-state index contributed by atoms with van der Waals surface area (Å²) in [5.74, 6) is 2.38. The number of anilines is 1. The van der Waals surface area contributed by atoms with Gasteiger partial charge in [-0.1, -0.05) is 0 Å². The molecule has 1 atom stereocenters. The molecule has 0 saturated carbocycles. The molecule has 0 aliphatic rings. The minimum absolute atomic E-state index is 0.106. The molecule has 0 radical (unpaired) electrons. The Bertz CT molecular complexity index is 512. The second-order valence-corrected chi connectivity index (χ2v) is 5.07. The lowest BCUT2D eigenvalue weighted by atomic mass is 10.1. The fourth-order valence-electron chi connectivity index (χ4n) is 1.86. The van der Waals surface area contributed by atoms with Gasteiger partial charge in [-0.3, -0.25) is 0 Å². The van der Waals surface area contributed by atoms with Crippen LogP contribution in [-0.2, 0) is 6.42 Å². The fourth-order valence-corrected chi connectivity index (χ4v) is 1.86. The number of nitrogens with zero attached hydrogens (tertiary/aromatic N) is 2. The van der Waals surface area contributed by atoms with Crippen LogP contribution in [0.4, 0.5) is 5.82 Å². The molecule has 2 rings (SSSR count). The van der Waals surface area contributed by atoms with Crippen molar-refractivity contribution >= 4 is 5.82 Å². The van der Waals surface area contributed by atoms with Crippen molar-refractivity contribution in [2.45, 2.75) is 45.8 Å². The van der Waals surface area contributed by atoms with E-state index in [1.165, 1.54) is 6.33 Å². The van der Waals surface area contributed by atoms with Gasteiger partial charge in [-0.2, -0.15) is 0 Å². The number of rotatable bonds is 7. The average molecular weight is 275 g/mol. The van der Waals surface area contributed by atoms with Crippen LogP contribution in [0.3, 0.4) is 0 Å². The molecule has 0 saturated heterocycles. The number of aromatic nitrogens is 2. The zero-order chi connectivity index (χ0) is 14.4. The first-order chi connectivity index (χ1) is 9.63. The minimum Gasteiger partial charge on any atom is -0.475 e. The third-order valence-electron chi connectivity index (χ3n) is 2.80. The Balaban J connectivity index is 1.85. The molecule has 5 heteroatoms. The van der Waals surface area contributed by atoms with E-state index in [2.05, 4.69) is 22.2 Å². The SMILES string of the molecule is CC(CCc1ccco1)Nc1cc(OC(C)C)ncn1. The first-order valence-corrected chi connectivity index (χ1v) is 6.91. The standard InChI is InChI=1S/C15H21N3O2/c1-11(2)20-15-9-14(16-10-17-15)18-12(3)6-7-13-5-4-8-19-13/h4-5,8-12H,6-7H2,1-3H3,(H,16,17,18). The molecule has 1 unspecified atom stereocenters. The molecule has 5 nitrogen and oxygen atoms in total. The molecule has 2 aromatic heterocycles. The molecule has 0 bridgehead atoms. The van der Waals surface area contributed by atoms with Gasteiger partial charge in [-0.25, -0.2) is 9.97 Å². The fraction of sp³-hybridized carbons (Fsp3) is 0.467. The molecule has 0 aromatic carbocycles. The largest absolute Gasteiger partial charge is 0.475 e. The molecule has 1 N–H and O–H groups in total. The summed E-state index contributed by atoms with van der Waals surface area (Å²) in [4.78, 5) is 8.29. The third kappa shape index (κ3) is 4.57. The Labute approximate surface area is 119 Å². The zero-order valence-corrected chi connectivity index (χ0v) is 12.2. The maximum Gasteiger partial charge on any atom is 0.218 e. The lowest BCUT2D eigenvalue weighted by molar-refractivity contribution is 0.232. The molecule has 0 aliphatic carbocycles. The van der Waals surface area contributed by atoms with Crippen LogP contribution in [0.1, 0.15) is 33.0 Å². The molecule has 20 heavy (non-hydrogen) atoms. The molecule has 0 aliphatic heterocycles. The molecular weight excluding hydrogens is 254 g/mol. The first kappa shape index (κ1) is 14.4. The summed E-state index contributed by atoms with van der Waals surface area (Å²) >= 11 is 0. The van der Waals surface area contributed by atoms with Crippen molar-refractivity contribution in [1.29, 1.82) is 0 Å². The van der Waals surface area contributed by atoms with Gasteiger partial charge in [0, 0.05) is 18.5 Å². The van der Waals surface area contributed by atoms with Crippen molar-refractivity contribution in [2.24, 2.45) is 0 Å². The van der Waals surface area contributed by atoms with E-state index in [9.17, 15) is 0 Å². The van der Waals surface area contributed by atoms with Gasteiger partial charge in [0.25, 0.3) is 0 Å². The molecule has 0 fully saturated rings. The Morgan fingerprint density at radius 2 is 2.15 bits per heavy atom. The number of aryl methyl sites for hydroxylation is 1. The van der Waals surface area contributed by atoms with Gasteiger partial charge in [-0.15, -0.1) is 0 Å². The van der Waals surface area contributed by atoms with Gasteiger partial charge < -0.3 is 14.5 Å². The number of furan rings is 1. The summed E-state index contributed by atoms with van der Waals surface area (Å²) in [7, 11) is 0. The zero-order valence-electron chi connectivity index (χ0n) is 12.2. The predicted octanol–water partition coefficient (Wildman–Crippen LogP) is 3.29. The van der Waals surface area contributed by atoms with E-state index in [0.29, 0.717) is 11.9 Å². The van der Waals surface area contributed by atoms with Gasteiger partial charge in [0.15, 0.2) is 0 Å². The third-order valence-corrected chi connectivity index (χ3v) is 2.80. The van der Waals surface area contributed by atoms with Crippen molar-refractivity contribution in [3.63, 3.8) is 0 Å². The van der Waals surface area contributed by atoms with Gasteiger partial charge in [0.2, 0.25) is 5.88 Å². The van der Waals surface area contributed by atoms with E-state index in [1.807, 2.05) is 32.0 Å². The minimum atomic E-state index is 0.106. The Morgan fingerprint density at radius 1 is 1.30 bits per heavy atom. The maximum absolute atomic E-state index is 5.55. The summed E-state index contributed by atoms with van der Waals surface area (Å²) in [6, 6.07) is 6.02. The Morgan fingerprint density at radius 3 is 2.85 bits per heavy atom. The van der Waals surface area contributed by atoms with Gasteiger partial charge in [0.05, 0.1) is 12.4 Å². The quantitative estimate of drug-likeness (QED) is 0.840. The van der Waals surface area contributed by atoms with Crippen LogP contribution in [0.25, 0.3) is 0 Å². The topological polar surface area (TPSA) is 60.2 Å². The summed E-state index contributed by atoms with van der Waals surface area (Å²) < 4.78 is 10.9. The highest BCUT2D eigenvalue weighted by Gasteiger charge is 2.07. The number of nitrogens with one attached hydrogen (secondary N) is 1. The van der Waals surface area contributed by atoms with Crippen LogP contribution in [0, 0.1) is 0 Å². The Kier molecular flexibility index (Phi) is 4.98. The predicted molar refractivity (Wildman–Crippen MR) is 77.9 cm³/mol. The van der Waals surface area contributed by atoms with Gasteiger partial charge in [0.1, 0.15) is 17.9 Å². The van der Waals surface area contributed by atoms with Crippen molar-refractivity contribution in [3.05, 3.63) is 36.5 Å². The van der Waals surface area contributed by atoms with E-state index in [0.717, 1.165) is 24.4 Å². The first-order valence-electron chi connectivity index (χ1n) is 6.91. The van der Waals surface area contributed by atoms with Gasteiger partial charge in [-0.05, 0) is 39.3 Å². The maximum atomic E-state index is 5.55. The van der Waals surface area contributed by atoms with Crippen molar-refractivity contribution in [2.75, 3.05) is 5.32 Å². The molecule has 0 spiro atoms.